The minimum Gasteiger partial charge on any atom is -0.368 e. The first-order valence-corrected chi connectivity index (χ1v) is 9.83. The lowest BCUT2D eigenvalue weighted by Crippen LogP contribution is -2.53. The van der Waals surface area contributed by atoms with E-state index in [0.717, 1.165) is 51.1 Å². The molecule has 6 heteroatoms. The first-order valence-electron chi connectivity index (χ1n) is 9.83. The summed E-state index contributed by atoms with van der Waals surface area (Å²) in [5.74, 6) is 0.950. The van der Waals surface area contributed by atoms with Crippen LogP contribution >= 0.6 is 0 Å². The van der Waals surface area contributed by atoms with Crippen molar-refractivity contribution in [1.82, 2.24) is 19.8 Å². The van der Waals surface area contributed by atoms with E-state index in [0.29, 0.717) is 11.9 Å². The summed E-state index contributed by atoms with van der Waals surface area (Å²) in [6.45, 7) is 5.45. The second kappa shape index (κ2) is 7.64. The number of aromatic nitrogens is 2. The Bertz CT molecular complexity index is 816. The van der Waals surface area contributed by atoms with E-state index in [-0.39, 0.29) is 11.9 Å². The van der Waals surface area contributed by atoms with Crippen molar-refractivity contribution >= 4 is 11.9 Å². The lowest BCUT2D eigenvalue weighted by molar-refractivity contribution is -0.138. The molecule has 0 radical (unpaired) electrons. The topological polar surface area (TPSA) is 75.4 Å². The van der Waals surface area contributed by atoms with Crippen LogP contribution in [0.2, 0.25) is 0 Å². The van der Waals surface area contributed by atoms with Crippen LogP contribution in [0.5, 0.6) is 0 Å². The minimum absolute atomic E-state index is 0.0452. The summed E-state index contributed by atoms with van der Waals surface area (Å²) in [6.07, 6.45) is 4.38. The molecule has 1 aromatic carbocycles. The van der Waals surface area contributed by atoms with Gasteiger partial charge in [0.15, 0.2) is 0 Å². The molecule has 1 saturated heterocycles. The van der Waals surface area contributed by atoms with Gasteiger partial charge in [-0.15, -0.1) is 0 Å². The summed E-state index contributed by atoms with van der Waals surface area (Å²) < 4.78 is 0. The van der Waals surface area contributed by atoms with Crippen molar-refractivity contribution in [2.75, 3.05) is 25.4 Å². The van der Waals surface area contributed by atoms with Gasteiger partial charge < -0.3 is 10.6 Å². The molecule has 4 rings (SSSR count). The van der Waals surface area contributed by atoms with Gasteiger partial charge in [0.25, 0.3) is 0 Å². The van der Waals surface area contributed by atoms with Gasteiger partial charge in [0, 0.05) is 37.4 Å². The second-order valence-electron chi connectivity index (χ2n) is 7.49. The fourth-order valence-corrected chi connectivity index (χ4v) is 4.38. The van der Waals surface area contributed by atoms with Crippen LogP contribution in [0, 0.1) is 0 Å². The number of likely N-dealkylation sites (N-methyl/N-ethyl adjacent to an activating group) is 1. The molecule has 3 heterocycles. The predicted octanol–water partition coefficient (Wildman–Crippen LogP) is 2.21. The van der Waals surface area contributed by atoms with Gasteiger partial charge in [-0.2, -0.15) is 0 Å². The van der Waals surface area contributed by atoms with Gasteiger partial charge in [-0.1, -0.05) is 31.2 Å². The predicted molar refractivity (Wildman–Crippen MR) is 105 cm³/mol. The quantitative estimate of drug-likeness (QED) is 0.903. The average Bonchev–Trinajstić information content (AvgIpc) is 2.72. The maximum absolute atomic E-state index is 13.3. The molecule has 2 aromatic rings. The molecular formula is C21H27N5O. The zero-order chi connectivity index (χ0) is 18.8. The number of nitrogen functional groups attached to an aromatic ring is 1. The summed E-state index contributed by atoms with van der Waals surface area (Å²) in [5.41, 5.74) is 9.37. The van der Waals surface area contributed by atoms with E-state index >= 15 is 0 Å². The average molecular weight is 365 g/mol. The Kier molecular flexibility index (Phi) is 5.07. The number of nitrogens with two attached hydrogens (primary N) is 1. The molecule has 0 unspecified atom stereocenters. The number of carbonyl (C=O) groups is 1. The lowest BCUT2D eigenvalue weighted by atomic mass is 9.90. The third-order valence-corrected chi connectivity index (χ3v) is 5.96. The molecule has 1 aromatic heterocycles. The third-order valence-electron chi connectivity index (χ3n) is 5.96. The van der Waals surface area contributed by atoms with E-state index in [9.17, 15) is 4.79 Å². The van der Waals surface area contributed by atoms with Crippen molar-refractivity contribution in [3.63, 3.8) is 0 Å². The molecule has 0 bridgehead atoms. The van der Waals surface area contributed by atoms with Crippen molar-refractivity contribution in [3.8, 4) is 0 Å². The van der Waals surface area contributed by atoms with E-state index in [4.69, 9.17) is 5.73 Å². The normalized spacial score (nSPS) is 21.1. The fraction of sp³-hybridized carbons (Fsp3) is 0.476. The Morgan fingerprint density at radius 2 is 1.93 bits per heavy atom. The van der Waals surface area contributed by atoms with Crippen molar-refractivity contribution in [1.29, 1.82) is 0 Å². The molecule has 0 saturated carbocycles. The molecule has 27 heavy (non-hydrogen) atoms. The van der Waals surface area contributed by atoms with Crippen molar-refractivity contribution < 1.29 is 4.79 Å². The molecule has 1 amide bonds. The van der Waals surface area contributed by atoms with Gasteiger partial charge in [-0.05, 0) is 43.0 Å². The fourth-order valence-electron chi connectivity index (χ4n) is 4.38. The largest absolute Gasteiger partial charge is 0.368 e. The smallest absolute Gasteiger partial charge is 0.240 e. The molecule has 6 nitrogen and oxygen atoms in total. The number of fused-ring (bicyclic) bond motifs is 1. The van der Waals surface area contributed by atoms with Crippen LogP contribution in [0.4, 0.5) is 5.95 Å². The number of hydrogen-bond donors (Lipinski definition) is 1. The summed E-state index contributed by atoms with van der Waals surface area (Å²) in [4.78, 5) is 26.0. The van der Waals surface area contributed by atoms with Gasteiger partial charge in [-0.25, -0.2) is 9.97 Å². The molecule has 1 fully saturated rings. The second-order valence-corrected chi connectivity index (χ2v) is 7.49. The van der Waals surface area contributed by atoms with Crippen LogP contribution < -0.4 is 5.73 Å². The monoisotopic (exact) mass is 365 g/mol. The molecule has 142 valence electrons. The molecular weight excluding hydrogens is 338 g/mol. The van der Waals surface area contributed by atoms with Crippen LogP contribution in [0.3, 0.4) is 0 Å². The first kappa shape index (κ1) is 17.9. The number of amides is 1. The van der Waals surface area contributed by atoms with E-state index in [2.05, 4.69) is 46.1 Å². The minimum atomic E-state index is -0.0452. The standard InChI is InChI=1S/C21H27N5O/c1-2-25-14-17-6-4-3-5-16(17)13-19(25)20(27)26-11-8-15(9-12-26)18-7-10-23-21(22)24-18/h3-7,10,15,19H,2,8-9,11-14H2,1H3,(H2,22,23,24)/t19-/m1/s1. The molecule has 1 atom stereocenters. The van der Waals surface area contributed by atoms with Crippen LogP contribution in [-0.2, 0) is 17.8 Å². The molecule has 0 spiro atoms. The van der Waals surface area contributed by atoms with Gasteiger partial charge in [0.2, 0.25) is 11.9 Å². The highest BCUT2D eigenvalue weighted by atomic mass is 16.2. The number of likely N-dealkylation sites (tertiary alicyclic amines) is 1. The highest BCUT2D eigenvalue weighted by Gasteiger charge is 2.35. The summed E-state index contributed by atoms with van der Waals surface area (Å²) >= 11 is 0. The lowest BCUT2D eigenvalue weighted by Gasteiger charge is -2.40. The van der Waals surface area contributed by atoms with Crippen LogP contribution in [-0.4, -0.2) is 51.4 Å². The Morgan fingerprint density at radius 1 is 1.19 bits per heavy atom. The Balaban J connectivity index is 1.43. The Hall–Kier alpha value is -2.47. The van der Waals surface area contributed by atoms with E-state index < -0.39 is 0 Å². The maximum atomic E-state index is 13.3. The Labute approximate surface area is 160 Å². The number of piperidine rings is 1. The van der Waals surface area contributed by atoms with Crippen molar-refractivity contribution in [2.45, 2.75) is 44.7 Å². The van der Waals surface area contributed by atoms with Crippen LogP contribution in [0.15, 0.2) is 36.5 Å². The van der Waals surface area contributed by atoms with E-state index in [1.807, 2.05) is 11.0 Å². The van der Waals surface area contributed by atoms with Gasteiger partial charge in [0.1, 0.15) is 0 Å². The zero-order valence-electron chi connectivity index (χ0n) is 15.8. The summed E-state index contributed by atoms with van der Waals surface area (Å²) in [7, 11) is 0. The molecule has 2 aliphatic rings. The number of hydrogen-bond acceptors (Lipinski definition) is 5. The highest BCUT2D eigenvalue weighted by Crippen LogP contribution is 2.29. The number of benzene rings is 1. The first-order chi connectivity index (χ1) is 13.2. The number of carbonyl (C=O) groups excluding carboxylic acids is 1. The van der Waals surface area contributed by atoms with Gasteiger partial charge >= 0.3 is 0 Å². The van der Waals surface area contributed by atoms with Crippen LogP contribution in [0.1, 0.15) is 42.5 Å². The van der Waals surface area contributed by atoms with E-state index in [1.54, 1.807) is 6.20 Å². The number of anilines is 1. The Morgan fingerprint density at radius 3 is 2.63 bits per heavy atom. The SMILES string of the molecule is CCN1Cc2ccccc2C[C@@H]1C(=O)N1CCC(c2ccnc(N)n2)CC1. The van der Waals surface area contributed by atoms with Crippen molar-refractivity contribution in [2.24, 2.45) is 0 Å². The van der Waals surface area contributed by atoms with Gasteiger partial charge in [0.05, 0.1) is 6.04 Å². The maximum Gasteiger partial charge on any atom is 0.240 e. The molecule has 0 aliphatic carbocycles. The van der Waals surface area contributed by atoms with Gasteiger partial charge in [-0.3, -0.25) is 9.69 Å². The summed E-state index contributed by atoms with van der Waals surface area (Å²) in [5, 5.41) is 0. The zero-order valence-corrected chi connectivity index (χ0v) is 15.8. The number of nitrogens with zero attached hydrogens (tertiary/aromatic N) is 4. The highest BCUT2D eigenvalue weighted by molar-refractivity contribution is 5.82. The van der Waals surface area contributed by atoms with E-state index in [1.165, 1.54) is 11.1 Å². The third kappa shape index (κ3) is 3.67. The molecule has 2 N–H and O–H groups in total. The summed E-state index contributed by atoms with van der Waals surface area (Å²) in [6, 6.07) is 10.4. The number of rotatable bonds is 3. The molecule has 2 aliphatic heterocycles. The van der Waals surface area contributed by atoms with Crippen LogP contribution in [0.25, 0.3) is 0 Å². The van der Waals surface area contributed by atoms with Crippen molar-refractivity contribution in [3.05, 3.63) is 53.3 Å².